The second-order valence-electron chi connectivity index (χ2n) is 5.66. The molecule has 0 unspecified atom stereocenters. The topological polar surface area (TPSA) is 34.0 Å². The van der Waals surface area contributed by atoms with E-state index < -0.39 is 5.82 Å². The van der Waals surface area contributed by atoms with Crippen molar-refractivity contribution in [1.29, 1.82) is 0 Å². The van der Waals surface area contributed by atoms with Gasteiger partial charge in [-0.2, -0.15) is 0 Å². The Balaban J connectivity index is 1.72. The van der Waals surface area contributed by atoms with Gasteiger partial charge in [0.05, 0.1) is 5.56 Å². The summed E-state index contributed by atoms with van der Waals surface area (Å²) in [5.74, 6) is -0.859. The van der Waals surface area contributed by atoms with E-state index in [1.807, 2.05) is 0 Å². The molecule has 1 aliphatic carbocycles. The van der Waals surface area contributed by atoms with Gasteiger partial charge in [0.1, 0.15) is 5.82 Å². The van der Waals surface area contributed by atoms with E-state index >= 15 is 0 Å². The Morgan fingerprint density at radius 2 is 2.05 bits per heavy atom. The lowest BCUT2D eigenvalue weighted by atomic mass is 10.2. The molecule has 1 fully saturated rings. The maximum atomic E-state index is 13.6. The smallest absolute Gasteiger partial charge is 0.254 e. The second-order valence-corrected chi connectivity index (χ2v) is 5.66. The second kappa shape index (κ2) is 5.35. The third kappa shape index (κ3) is 2.71. The van der Waals surface area contributed by atoms with Crippen molar-refractivity contribution in [3.8, 4) is 0 Å². The predicted molar refractivity (Wildman–Crippen MR) is 79.7 cm³/mol. The molecule has 2 aromatic rings. The van der Waals surface area contributed by atoms with Crippen LogP contribution in [0.3, 0.4) is 0 Å². The van der Waals surface area contributed by atoms with Crippen LogP contribution in [0.4, 0.5) is 4.39 Å². The van der Waals surface area contributed by atoms with Crippen molar-refractivity contribution in [3.05, 3.63) is 58.7 Å². The molecule has 1 aromatic heterocycles. The van der Waals surface area contributed by atoms with Gasteiger partial charge >= 0.3 is 0 Å². The first-order chi connectivity index (χ1) is 10.1. The highest BCUT2D eigenvalue weighted by molar-refractivity contribution is 5.94. The molecule has 4 heteroatoms. The number of hydrogen-bond acceptors (Lipinski definition) is 1. The van der Waals surface area contributed by atoms with Crippen molar-refractivity contribution in [3.63, 3.8) is 0 Å². The molecule has 0 bridgehead atoms. The summed E-state index contributed by atoms with van der Waals surface area (Å²) < 4.78 is 15.9. The maximum absolute atomic E-state index is 13.6. The molecule has 1 saturated carbocycles. The number of nitrogens with zero attached hydrogens (tertiary/aromatic N) is 1. The Hall–Kier alpha value is -2.10. The van der Waals surface area contributed by atoms with Crippen LogP contribution in [0.2, 0.25) is 0 Å². The Labute approximate surface area is 123 Å². The lowest BCUT2D eigenvalue weighted by Crippen LogP contribution is -2.24. The molecule has 110 valence electrons. The summed E-state index contributed by atoms with van der Waals surface area (Å²) in [4.78, 5) is 12.0. The van der Waals surface area contributed by atoms with Gasteiger partial charge in [-0.15, -0.1) is 0 Å². The SMILES string of the molecule is Cc1cc(CNC(=O)c2ccccc2F)c(C)n1C1CC1. The van der Waals surface area contributed by atoms with E-state index in [0.717, 1.165) is 5.56 Å². The van der Waals surface area contributed by atoms with Crippen LogP contribution >= 0.6 is 0 Å². The average molecular weight is 286 g/mol. The molecule has 1 aromatic carbocycles. The van der Waals surface area contributed by atoms with Crippen molar-refractivity contribution in [1.82, 2.24) is 9.88 Å². The molecule has 21 heavy (non-hydrogen) atoms. The Morgan fingerprint density at radius 3 is 2.71 bits per heavy atom. The molecule has 1 amide bonds. The van der Waals surface area contributed by atoms with E-state index in [4.69, 9.17) is 0 Å². The van der Waals surface area contributed by atoms with E-state index in [1.165, 1.54) is 36.4 Å². The molecule has 3 nitrogen and oxygen atoms in total. The summed E-state index contributed by atoms with van der Waals surface area (Å²) in [5.41, 5.74) is 3.62. The number of hydrogen-bond donors (Lipinski definition) is 1. The lowest BCUT2D eigenvalue weighted by Gasteiger charge is -2.09. The van der Waals surface area contributed by atoms with Crippen LogP contribution in [-0.4, -0.2) is 10.5 Å². The van der Waals surface area contributed by atoms with Gasteiger partial charge in [-0.3, -0.25) is 4.79 Å². The molecule has 1 aliphatic rings. The quantitative estimate of drug-likeness (QED) is 0.917. The van der Waals surface area contributed by atoms with E-state index in [9.17, 15) is 9.18 Å². The van der Waals surface area contributed by atoms with Gasteiger partial charge in [-0.05, 0) is 50.5 Å². The molecule has 0 spiro atoms. The third-order valence-electron chi connectivity index (χ3n) is 4.06. The number of rotatable bonds is 4. The summed E-state index contributed by atoms with van der Waals surface area (Å²) >= 11 is 0. The van der Waals surface area contributed by atoms with Crippen LogP contribution < -0.4 is 5.32 Å². The first-order valence-electron chi connectivity index (χ1n) is 7.28. The normalized spacial score (nSPS) is 14.2. The number of aryl methyl sites for hydroxylation is 1. The van der Waals surface area contributed by atoms with Crippen molar-refractivity contribution in [2.75, 3.05) is 0 Å². The highest BCUT2D eigenvalue weighted by Gasteiger charge is 2.26. The summed E-state index contributed by atoms with van der Waals surface area (Å²) in [6, 6.07) is 8.77. The molecular formula is C17H19FN2O. The highest BCUT2D eigenvalue weighted by Crippen LogP contribution is 2.38. The molecule has 0 aliphatic heterocycles. The van der Waals surface area contributed by atoms with Crippen LogP contribution in [0.25, 0.3) is 0 Å². The summed E-state index contributed by atoms with van der Waals surface area (Å²) in [5, 5.41) is 2.80. The van der Waals surface area contributed by atoms with Crippen molar-refractivity contribution in [2.24, 2.45) is 0 Å². The minimum absolute atomic E-state index is 0.0912. The van der Waals surface area contributed by atoms with Gasteiger partial charge in [0.15, 0.2) is 0 Å². The number of nitrogens with one attached hydrogen (secondary N) is 1. The first kappa shape index (κ1) is 13.9. The number of aromatic nitrogens is 1. The largest absolute Gasteiger partial charge is 0.348 e. The van der Waals surface area contributed by atoms with Crippen LogP contribution in [0.5, 0.6) is 0 Å². The van der Waals surface area contributed by atoms with Gasteiger partial charge < -0.3 is 9.88 Å². The van der Waals surface area contributed by atoms with Crippen LogP contribution in [0.1, 0.15) is 46.2 Å². The lowest BCUT2D eigenvalue weighted by molar-refractivity contribution is 0.0947. The minimum Gasteiger partial charge on any atom is -0.348 e. The zero-order valence-electron chi connectivity index (χ0n) is 12.3. The predicted octanol–water partition coefficient (Wildman–Crippen LogP) is 3.51. The third-order valence-corrected chi connectivity index (χ3v) is 4.06. The Morgan fingerprint density at radius 1 is 1.33 bits per heavy atom. The molecule has 1 N–H and O–H groups in total. The number of benzene rings is 1. The van der Waals surface area contributed by atoms with E-state index in [1.54, 1.807) is 12.1 Å². The summed E-state index contributed by atoms with van der Waals surface area (Å²) in [7, 11) is 0. The molecule has 0 radical (unpaired) electrons. The van der Waals surface area contributed by atoms with Crippen LogP contribution in [0.15, 0.2) is 30.3 Å². The number of halogens is 1. The van der Waals surface area contributed by atoms with Crippen LogP contribution in [0, 0.1) is 19.7 Å². The molecule has 3 rings (SSSR count). The van der Waals surface area contributed by atoms with Crippen molar-refractivity contribution < 1.29 is 9.18 Å². The first-order valence-corrected chi connectivity index (χ1v) is 7.28. The summed E-state index contributed by atoms with van der Waals surface area (Å²) in [6.07, 6.45) is 2.47. The van der Waals surface area contributed by atoms with Gasteiger partial charge in [-0.1, -0.05) is 12.1 Å². The van der Waals surface area contributed by atoms with E-state index in [0.29, 0.717) is 12.6 Å². The number of carbonyl (C=O) groups is 1. The van der Waals surface area contributed by atoms with Gasteiger partial charge in [0.2, 0.25) is 0 Å². The van der Waals surface area contributed by atoms with E-state index in [2.05, 4.69) is 29.8 Å². The minimum atomic E-state index is -0.488. The molecule has 0 saturated heterocycles. The van der Waals surface area contributed by atoms with Crippen LogP contribution in [-0.2, 0) is 6.54 Å². The fraction of sp³-hybridized carbons (Fsp3) is 0.353. The van der Waals surface area contributed by atoms with Crippen molar-refractivity contribution >= 4 is 5.91 Å². The maximum Gasteiger partial charge on any atom is 0.254 e. The van der Waals surface area contributed by atoms with Gasteiger partial charge in [-0.25, -0.2) is 4.39 Å². The van der Waals surface area contributed by atoms with Gasteiger partial charge in [0, 0.05) is 24.0 Å². The molecule has 1 heterocycles. The zero-order chi connectivity index (χ0) is 15.0. The van der Waals surface area contributed by atoms with Crippen molar-refractivity contribution in [2.45, 2.75) is 39.3 Å². The molecular weight excluding hydrogens is 267 g/mol. The average Bonchev–Trinajstić information content (AvgIpc) is 3.24. The summed E-state index contributed by atoms with van der Waals surface area (Å²) in [6.45, 7) is 4.60. The Kier molecular flexibility index (Phi) is 3.53. The number of amides is 1. The Bertz CT molecular complexity index is 686. The van der Waals surface area contributed by atoms with E-state index in [-0.39, 0.29) is 11.5 Å². The standard InChI is InChI=1S/C17H19FN2O/c1-11-9-13(12(2)20(11)14-7-8-14)10-19-17(21)15-5-3-4-6-16(15)18/h3-6,9,14H,7-8,10H2,1-2H3,(H,19,21). The zero-order valence-corrected chi connectivity index (χ0v) is 12.3. The number of carbonyl (C=O) groups excluding carboxylic acids is 1. The fourth-order valence-electron chi connectivity index (χ4n) is 2.83. The van der Waals surface area contributed by atoms with Gasteiger partial charge in [0.25, 0.3) is 5.91 Å². The fourth-order valence-corrected chi connectivity index (χ4v) is 2.83. The highest BCUT2D eigenvalue weighted by atomic mass is 19.1. The molecule has 0 atom stereocenters. The monoisotopic (exact) mass is 286 g/mol.